The molecule has 2 aromatic rings. The molecule has 1 aliphatic rings. The molecule has 0 saturated heterocycles. The fraction of sp³-hybridized carbons (Fsp3) is 0.300. The second-order valence-corrected chi connectivity index (χ2v) is 6.03. The SMILES string of the molecule is Cc1ccc(/C2=N/N=C(/c3ccc(C)cc3)CCCC2)cc1. The molecule has 0 amide bonds. The molecule has 0 N–H and O–H groups in total. The highest BCUT2D eigenvalue weighted by molar-refractivity contribution is 6.04. The number of nitrogens with zero attached hydrogens (tertiary/aromatic N) is 2. The molecule has 2 nitrogen and oxygen atoms in total. The van der Waals surface area contributed by atoms with Crippen molar-refractivity contribution in [3.63, 3.8) is 0 Å². The Balaban J connectivity index is 1.92. The fourth-order valence-electron chi connectivity index (χ4n) is 2.70. The number of aryl methyl sites for hydroxylation is 2. The zero-order valence-corrected chi connectivity index (χ0v) is 13.3. The van der Waals surface area contributed by atoms with Crippen molar-refractivity contribution >= 4 is 11.4 Å². The molecule has 3 rings (SSSR count). The molecule has 0 aromatic heterocycles. The maximum atomic E-state index is 4.57. The van der Waals surface area contributed by atoms with E-state index in [1.807, 2.05) is 0 Å². The summed E-state index contributed by atoms with van der Waals surface area (Å²) < 4.78 is 0. The number of benzene rings is 2. The number of rotatable bonds is 2. The third-order valence-electron chi connectivity index (χ3n) is 4.14. The molecule has 2 aromatic carbocycles. The van der Waals surface area contributed by atoms with Gasteiger partial charge in [-0.05, 0) is 50.7 Å². The van der Waals surface area contributed by atoms with Crippen molar-refractivity contribution in [2.24, 2.45) is 10.2 Å². The Morgan fingerprint density at radius 2 is 0.955 bits per heavy atom. The maximum absolute atomic E-state index is 4.57. The van der Waals surface area contributed by atoms with Gasteiger partial charge in [0.15, 0.2) is 0 Å². The molecule has 0 spiro atoms. The quantitative estimate of drug-likeness (QED) is 0.737. The minimum atomic E-state index is 1.01. The van der Waals surface area contributed by atoms with Crippen molar-refractivity contribution < 1.29 is 0 Å². The lowest BCUT2D eigenvalue weighted by Gasteiger charge is -2.11. The van der Waals surface area contributed by atoms with Gasteiger partial charge in [0.25, 0.3) is 0 Å². The van der Waals surface area contributed by atoms with Crippen LogP contribution in [0.25, 0.3) is 0 Å². The summed E-state index contributed by atoms with van der Waals surface area (Å²) in [7, 11) is 0. The van der Waals surface area contributed by atoms with Crippen LogP contribution < -0.4 is 0 Å². The van der Waals surface area contributed by atoms with Crippen LogP contribution in [-0.2, 0) is 0 Å². The van der Waals surface area contributed by atoms with Crippen LogP contribution in [0.5, 0.6) is 0 Å². The maximum Gasteiger partial charge on any atom is 0.0702 e. The first-order chi connectivity index (χ1) is 10.7. The first-order valence-corrected chi connectivity index (χ1v) is 8.00. The molecule has 0 radical (unpaired) electrons. The van der Waals surface area contributed by atoms with E-state index in [9.17, 15) is 0 Å². The third kappa shape index (κ3) is 3.51. The Bertz CT molecular complexity index is 628. The summed E-state index contributed by atoms with van der Waals surface area (Å²) >= 11 is 0. The predicted octanol–water partition coefficient (Wildman–Crippen LogP) is 5.07. The van der Waals surface area contributed by atoms with Crippen molar-refractivity contribution in [2.45, 2.75) is 39.5 Å². The first-order valence-electron chi connectivity index (χ1n) is 8.00. The first kappa shape index (κ1) is 14.7. The monoisotopic (exact) mass is 290 g/mol. The Labute approximate surface area is 132 Å². The second kappa shape index (κ2) is 6.69. The van der Waals surface area contributed by atoms with Crippen molar-refractivity contribution in [1.29, 1.82) is 0 Å². The molecule has 0 fully saturated rings. The zero-order valence-electron chi connectivity index (χ0n) is 13.3. The highest BCUT2D eigenvalue weighted by Crippen LogP contribution is 2.17. The molecule has 22 heavy (non-hydrogen) atoms. The average molecular weight is 290 g/mol. The number of hydrogen-bond donors (Lipinski definition) is 0. The van der Waals surface area contributed by atoms with E-state index in [1.165, 1.54) is 22.3 Å². The van der Waals surface area contributed by atoms with Gasteiger partial charge in [-0.3, -0.25) is 0 Å². The van der Waals surface area contributed by atoms with Gasteiger partial charge >= 0.3 is 0 Å². The minimum absolute atomic E-state index is 1.01. The van der Waals surface area contributed by atoms with E-state index in [0.717, 1.165) is 37.1 Å². The van der Waals surface area contributed by atoms with Gasteiger partial charge in [-0.25, -0.2) is 0 Å². The van der Waals surface area contributed by atoms with Gasteiger partial charge in [-0.15, -0.1) is 0 Å². The van der Waals surface area contributed by atoms with Gasteiger partial charge in [0, 0.05) is 0 Å². The summed E-state index contributed by atoms with van der Waals surface area (Å²) in [6.07, 6.45) is 4.34. The van der Waals surface area contributed by atoms with Crippen LogP contribution in [0, 0.1) is 13.8 Å². The van der Waals surface area contributed by atoms with Crippen LogP contribution in [0.15, 0.2) is 58.7 Å². The lowest BCUT2D eigenvalue weighted by Crippen LogP contribution is -2.07. The topological polar surface area (TPSA) is 24.7 Å². The highest BCUT2D eigenvalue weighted by Gasteiger charge is 2.10. The van der Waals surface area contributed by atoms with E-state index in [-0.39, 0.29) is 0 Å². The molecule has 1 aliphatic heterocycles. The van der Waals surface area contributed by atoms with E-state index in [2.05, 4.69) is 72.6 Å². The second-order valence-electron chi connectivity index (χ2n) is 6.03. The predicted molar refractivity (Wildman–Crippen MR) is 93.9 cm³/mol. The normalized spacial score (nSPS) is 20.3. The lowest BCUT2D eigenvalue weighted by atomic mass is 9.99. The molecule has 0 atom stereocenters. The molecule has 2 heteroatoms. The van der Waals surface area contributed by atoms with Gasteiger partial charge in [0.2, 0.25) is 0 Å². The largest absolute Gasteiger partial charge is 0.155 e. The minimum Gasteiger partial charge on any atom is -0.155 e. The van der Waals surface area contributed by atoms with E-state index < -0.39 is 0 Å². The summed E-state index contributed by atoms with van der Waals surface area (Å²) in [5.41, 5.74) is 7.14. The molecular formula is C20H22N2. The van der Waals surface area contributed by atoms with Crippen LogP contribution in [0.1, 0.15) is 47.9 Å². The van der Waals surface area contributed by atoms with Crippen molar-refractivity contribution in [3.05, 3.63) is 70.8 Å². The smallest absolute Gasteiger partial charge is 0.0702 e. The molecular weight excluding hydrogens is 268 g/mol. The van der Waals surface area contributed by atoms with Crippen LogP contribution in [-0.4, -0.2) is 11.4 Å². The van der Waals surface area contributed by atoms with Crippen LogP contribution in [0.2, 0.25) is 0 Å². The summed E-state index contributed by atoms with van der Waals surface area (Å²) in [6.45, 7) is 4.22. The van der Waals surface area contributed by atoms with Gasteiger partial charge in [-0.2, -0.15) is 10.2 Å². The summed E-state index contributed by atoms with van der Waals surface area (Å²) in [5, 5.41) is 9.14. The van der Waals surface area contributed by atoms with Gasteiger partial charge in [0.1, 0.15) is 0 Å². The standard InChI is InChI=1S/C20H22N2/c1-15-7-11-17(12-8-15)19-5-3-4-6-20(22-21-19)18-13-9-16(2)10-14-18/h7-14H,3-6H2,1-2H3/b21-19+,22-20+. The Morgan fingerprint density at radius 1 is 0.591 bits per heavy atom. The summed E-state index contributed by atoms with van der Waals surface area (Å²) in [5.74, 6) is 0. The van der Waals surface area contributed by atoms with E-state index in [4.69, 9.17) is 0 Å². The van der Waals surface area contributed by atoms with E-state index in [1.54, 1.807) is 0 Å². The lowest BCUT2D eigenvalue weighted by molar-refractivity contribution is 0.782. The van der Waals surface area contributed by atoms with Crippen molar-refractivity contribution in [2.75, 3.05) is 0 Å². The fourth-order valence-corrected chi connectivity index (χ4v) is 2.70. The zero-order chi connectivity index (χ0) is 15.4. The van der Waals surface area contributed by atoms with Gasteiger partial charge in [0.05, 0.1) is 11.4 Å². The summed E-state index contributed by atoms with van der Waals surface area (Å²) in [6, 6.07) is 17.2. The molecule has 0 aliphatic carbocycles. The van der Waals surface area contributed by atoms with E-state index >= 15 is 0 Å². The van der Waals surface area contributed by atoms with Crippen molar-refractivity contribution in [1.82, 2.24) is 0 Å². The number of hydrogen-bond acceptors (Lipinski definition) is 2. The average Bonchev–Trinajstić information content (AvgIpc) is 2.50. The van der Waals surface area contributed by atoms with E-state index in [0.29, 0.717) is 0 Å². The van der Waals surface area contributed by atoms with Crippen LogP contribution >= 0.6 is 0 Å². The molecule has 0 unspecified atom stereocenters. The molecule has 112 valence electrons. The molecule has 1 heterocycles. The highest BCUT2D eigenvalue weighted by atomic mass is 15.2. The van der Waals surface area contributed by atoms with Crippen molar-refractivity contribution in [3.8, 4) is 0 Å². The van der Waals surface area contributed by atoms with Crippen LogP contribution in [0.4, 0.5) is 0 Å². The molecule has 0 bridgehead atoms. The summed E-state index contributed by atoms with van der Waals surface area (Å²) in [4.78, 5) is 0. The van der Waals surface area contributed by atoms with Gasteiger partial charge in [-0.1, -0.05) is 59.7 Å². The van der Waals surface area contributed by atoms with Crippen LogP contribution in [0.3, 0.4) is 0 Å². The Morgan fingerprint density at radius 3 is 1.32 bits per heavy atom. The Hall–Kier alpha value is -2.22. The van der Waals surface area contributed by atoms with Gasteiger partial charge < -0.3 is 0 Å². The Kier molecular flexibility index (Phi) is 4.47. The third-order valence-corrected chi connectivity index (χ3v) is 4.14. The molecule has 0 saturated carbocycles.